The molecule has 0 spiro atoms. The number of rotatable bonds is 5. The zero-order valence-electron chi connectivity index (χ0n) is 14.3. The van der Waals surface area contributed by atoms with E-state index in [9.17, 15) is 4.79 Å². The molecule has 1 aliphatic heterocycles. The molecule has 1 aromatic heterocycles. The van der Waals surface area contributed by atoms with Gasteiger partial charge in [-0.2, -0.15) is 0 Å². The average molecular weight is 344 g/mol. The molecule has 0 saturated carbocycles. The molecule has 2 aromatic rings. The van der Waals surface area contributed by atoms with Crippen LogP contribution in [-0.2, 0) is 4.79 Å². The minimum atomic E-state index is -0.108. The van der Waals surface area contributed by atoms with Crippen LogP contribution in [0.1, 0.15) is 13.8 Å². The minimum absolute atomic E-state index is 0.108. The Labute approximate surface area is 147 Å². The van der Waals surface area contributed by atoms with E-state index in [0.717, 1.165) is 37.0 Å². The predicted octanol–water partition coefficient (Wildman–Crippen LogP) is 2.71. The largest absolute Gasteiger partial charge is 0.346 e. The number of aromatic nitrogens is 1. The first kappa shape index (κ1) is 16.9. The highest BCUT2D eigenvalue weighted by Crippen LogP contribution is 2.21. The Morgan fingerprint density at radius 1 is 1.25 bits per heavy atom. The summed E-state index contributed by atoms with van der Waals surface area (Å²) in [6.07, 6.45) is 1.84. The molecule has 0 radical (unpaired) electrons. The van der Waals surface area contributed by atoms with E-state index < -0.39 is 0 Å². The molecule has 1 aliphatic rings. The highest BCUT2D eigenvalue weighted by molar-refractivity contribution is 7.13. The molecule has 1 aromatic carbocycles. The third-order valence-electron chi connectivity index (χ3n) is 4.56. The van der Waals surface area contributed by atoms with Gasteiger partial charge < -0.3 is 9.80 Å². The normalized spacial score (nSPS) is 16.8. The van der Waals surface area contributed by atoms with E-state index in [-0.39, 0.29) is 11.9 Å². The first-order chi connectivity index (χ1) is 11.7. The molecule has 128 valence electrons. The standard InChI is InChI=1S/C18H24N4OS/c1-3-22(16-7-5-4-6-8-16)17(23)15(2)20-10-12-21(13-11-20)18-19-9-14-24-18/h4-9,14-15H,3,10-13H2,1-2H3. The summed E-state index contributed by atoms with van der Waals surface area (Å²) in [7, 11) is 0. The highest BCUT2D eigenvalue weighted by atomic mass is 32.1. The van der Waals surface area contributed by atoms with Crippen molar-refractivity contribution >= 4 is 28.1 Å². The van der Waals surface area contributed by atoms with Crippen molar-refractivity contribution in [2.45, 2.75) is 19.9 Å². The van der Waals surface area contributed by atoms with Gasteiger partial charge in [-0.15, -0.1) is 11.3 Å². The summed E-state index contributed by atoms with van der Waals surface area (Å²) >= 11 is 1.67. The van der Waals surface area contributed by atoms with Gasteiger partial charge in [0.15, 0.2) is 5.13 Å². The summed E-state index contributed by atoms with van der Waals surface area (Å²) in [5.41, 5.74) is 0.971. The Kier molecular flexibility index (Phi) is 5.48. The number of anilines is 2. The van der Waals surface area contributed by atoms with E-state index in [1.165, 1.54) is 0 Å². The van der Waals surface area contributed by atoms with E-state index in [1.807, 2.05) is 60.7 Å². The fourth-order valence-corrected chi connectivity index (χ4v) is 3.82. The van der Waals surface area contributed by atoms with Crippen molar-refractivity contribution in [2.24, 2.45) is 0 Å². The van der Waals surface area contributed by atoms with Crippen LogP contribution in [0, 0.1) is 0 Å². The molecule has 0 bridgehead atoms. The maximum atomic E-state index is 12.9. The number of amides is 1. The third-order valence-corrected chi connectivity index (χ3v) is 5.39. The number of hydrogen-bond donors (Lipinski definition) is 0. The summed E-state index contributed by atoms with van der Waals surface area (Å²) in [6, 6.07) is 9.81. The van der Waals surface area contributed by atoms with E-state index in [2.05, 4.69) is 14.8 Å². The lowest BCUT2D eigenvalue weighted by atomic mass is 10.2. The second-order valence-corrected chi connectivity index (χ2v) is 6.80. The van der Waals surface area contributed by atoms with E-state index >= 15 is 0 Å². The molecule has 0 N–H and O–H groups in total. The first-order valence-electron chi connectivity index (χ1n) is 8.45. The maximum Gasteiger partial charge on any atom is 0.244 e. The smallest absolute Gasteiger partial charge is 0.244 e. The lowest BCUT2D eigenvalue weighted by Crippen LogP contribution is -2.54. The molecule has 0 aliphatic carbocycles. The van der Waals surface area contributed by atoms with Gasteiger partial charge in [0.1, 0.15) is 0 Å². The number of hydrogen-bond acceptors (Lipinski definition) is 5. The number of benzene rings is 1. The van der Waals surface area contributed by atoms with Gasteiger partial charge in [0.2, 0.25) is 5.91 Å². The minimum Gasteiger partial charge on any atom is -0.346 e. The van der Waals surface area contributed by atoms with Crippen molar-refractivity contribution in [3.05, 3.63) is 41.9 Å². The lowest BCUT2D eigenvalue weighted by molar-refractivity contribution is -0.123. The van der Waals surface area contributed by atoms with Crippen LogP contribution >= 0.6 is 11.3 Å². The van der Waals surface area contributed by atoms with Gasteiger partial charge in [0.05, 0.1) is 6.04 Å². The molecular formula is C18H24N4OS. The number of thiazole rings is 1. The van der Waals surface area contributed by atoms with Gasteiger partial charge in [0, 0.05) is 50.0 Å². The monoisotopic (exact) mass is 344 g/mol. The number of likely N-dealkylation sites (N-methyl/N-ethyl adjacent to an activating group) is 1. The van der Waals surface area contributed by atoms with Crippen molar-refractivity contribution in [3.63, 3.8) is 0 Å². The summed E-state index contributed by atoms with van der Waals surface area (Å²) in [5, 5.41) is 3.08. The van der Waals surface area contributed by atoms with Crippen molar-refractivity contribution < 1.29 is 4.79 Å². The average Bonchev–Trinajstić information content (AvgIpc) is 3.17. The van der Waals surface area contributed by atoms with Gasteiger partial charge in [-0.3, -0.25) is 9.69 Å². The number of piperazine rings is 1. The molecule has 1 amide bonds. The summed E-state index contributed by atoms with van der Waals surface area (Å²) in [4.78, 5) is 23.8. The molecule has 6 heteroatoms. The molecule has 1 atom stereocenters. The molecule has 3 rings (SSSR count). The van der Waals surface area contributed by atoms with E-state index in [4.69, 9.17) is 0 Å². The van der Waals surface area contributed by atoms with Crippen LogP contribution in [-0.4, -0.2) is 54.6 Å². The second kappa shape index (κ2) is 7.77. The molecule has 1 saturated heterocycles. The summed E-state index contributed by atoms with van der Waals surface area (Å²) in [6.45, 7) is 8.35. The number of carbonyl (C=O) groups is 1. The van der Waals surface area contributed by atoms with Crippen LogP contribution in [0.2, 0.25) is 0 Å². The Morgan fingerprint density at radius 2 is 1.96 bits per heavy atom. The van der Waals surface area contributed by atoms with Gasteiger partial charge in [-0.05, 0) is 26.0 Å². The van der Waals surface area contributed by atoms with Gasteiger partial charge >= 0.3 is 0 Å². The number of nitrogens with zero attached hydrogens (tertiary/aromatic N) is 4. The van der Waals surface area contributed by atoms with Crippen molar-refractivity contribution in [1.29, 1.82) is 0 Å². The molecule has 1 unspecified atom stereocenters. The molecule has 1 fully saturated rings. The molecule has 2 heterocycles. The van der Waals surface area contributed by atoms with Crippen molar-refractivity contribution in [2.75, 3.05) is 42.5 Å². The number of carbonyl (C=O) groups excluding carboxylic acids is 1. The van der Waals surface area contributed by atoms with Crippen molar-refractivity contribution in [1.82, 2.24) is 9.88 Å². The fraction of sp³-hybridized carbons (Fsp3) is 0.444. The zero-order chi connectivity index (χ0) is 16.9. The molecule has 5 nitrogen and oxygen atoms in total. The van der Waals surface area contributed by atoms with E-state index in [1.54, 1.807) is 11.3 Å². The van der Waals surface area contributed by atoms with Crippen LogP contribution in [0.25, 0.3) is 0 Å². The maximum absolute atomic E-state index is 12.9. The van der Waals surface area contributed by atoms with Crippen LogP contribution in [0.5, 0.6) is 0 Å². The van der Waals surface area contributed by atoms with Gasteiger partial charge in [-0.1, -0.05) is 18.2 Å². The second-order valence-electron chi connectivity index (χ2n) is 5.93. The van der Waals surface area contributed by atoms with Crippen LogP contribution in [0.4, 0.5) is 10.8 Å². The van der Waals surface area contributed by atoms with Crippen LogP contribution in [0.3, 0.4) is 0 Å². The predicted molar refractivity (Wildman–Crippen MR) is 99.8 cm³/mol. The SMILES string of the molecule is CCN(C(=O)C(C)N1CCN(c2nccs2)CC1)c1ccccc1. The Balaban J connectivity index is 1.62. The molecular weight excluding hydrogens is 320 g/mol. The van der Waals surface area contributed by atoms with Gasteiger partial charge in [0.25, 0.3) is 0 Å². The zero-order valence-corrected chi connectivity index (χ0v) is 15.1. The Morgan fingerprint density at radius 3 is 2.54 bits per heavy atom. The third kappa shape index (κ3) is 3.60. The van der Waals surface area contributed by atoms with E-state index in [0.29, 0.717) is 6.54 Å². The summed E-state index contributed by atoms with van der Waals surface area (Å²) in [5.74, 6) is 0.173. The molecule has 24 heavy (non-hydrogen) atoms. The Hall–Kier alpha value is -1.92. The lowest BCUT2D eigenvalue weighted by Gasteiger charge is -2.38. The summed E-state index contributed by atoms with van der Waals surface area (Å²) < 4.78 is 0. The van der Waals surface area contributed by atoms with Crippen molar-refractivity contribution in [3.8, 4) is 0 Å². The first-order valence-corrected chi connectivity index (χ1v) is 9.33. The quantitative estimate of drug-likeness (QED) is 0.836. The van der Waals surface area contributed by atoms with Crippen LogP contribution in [0.15, 0.2) is 41.9 Å². The number of para-hydroxylation sites is 1. The topological polar surface area (TPSA) is 39.7 Å². The van der Waals surface area contributed by atoms with Gasteiger partial charge in [-0.25, -0.2) is 4.98 Å². The Bertz CT molecular complexity index is 638. The van der Waals surface area contributed by atoms with Crippen LogP contribution < -0.4 is 9.80 Å². The fourth-order valence-electron chi connectivity index (χ4n) is 3.13. The highest BCUT2D eigenvalue weighted by Gasteiger charge is 2.29.